The number of halogens is 1. The Hall–Kier alpha value is -2.51. The molecule has 2 N–H and O–H groups in total. The standard InChI is InChI=1S/C18H17ClN4O2S/c1-12-17(25)23(15-8-3-2-4-9-15)18(26-12)22-21-16(24)11-20-14-7-5-6-13(19)10-14/h2-10,12,20H,11H2,1H3,(H,21,24). The Morgan fingerprint density at radius 1 is 1.23 bits per heavy atom. The smallest absolute Gasteiger partial charge is 0.259 e. The van der Waals surface area contributed by atoms with E-state index in [0.717, 1.165) is 11.4 Å². The average Bonchev–Trinajstić information content (AvgIpc) is 2.93. The maximum Gasteiger partial charge on any atom is 0.259 e. The number of benzene rings is 2. The van der Waals surface area contributed by atoms with Crippen molar-refractivity contribution in [2.24, 2.45) is 5.10 Å². The van der Waals surface area contributed by atoms with Crippen LogP contribution in [-0.4, -0.2) is 28.8 Å². The van der Waals surface area contributed by atoms with Gasteiger partial charge in [-0.25, -0.2) is 5.43 Å². The molecule has 0 saturated carbocycles. The van der Waals surface area contributed by atoms with E-state index in [1.54, 1.807) is 18.2 Å². The van der Waals surface area contributed by atoms with Crippen LogP contribution in [0.5, 0.6) is 0 Å². The lowest BCUT2D eigenvalue weighted by atomic mass is 10.3. The maximum atomic E-state index is 12.4. The number of amidine groups is 1. The summed E-state index contributed by atoms with van der Waals surface area (Å²) in [6.45, 7) is 1.85. The Kier molecular flexibility index (Phi) is 5.80. The van der Waals surface area contributed by atoms with Crippen LogP contribution in [0.2, 0.25) is 5.02 Å². The fraction of sp³-hybridized carbons (Fsp3) is 0.167. The molecule has 6 nitrogen and oxygen atoms in total. The molecule has 0 spiro atoms. The molecular weight excluding hydrogens is 372 g/mol. The molecule has 2 amide bonds. The largest absolute Gasteiger partial charge is 0.376 e. The number of carbonyl (C=O) groups excluding carboxylic acids is 2. The van der Waals surface area contributed by atoms with Crippen molar-refractivity contribution in [2.45, 2.75) is 12.2 Å². The fourth-order valence-corrected chi connectivity index (χ4v) is 3.47. The number of rotatable bonds is 5. The van der Waals surface area contributed by atoms with Gasteiger partial charge in [0, 0.05) is 10.7 Å². The maximum absolute atomic E-state index is 12.4. The highest BCUT2D eigenvalue weighted by Gasteiger charge is 2.36. The summed E-state index contributed by atoms with van der Waals surface area (Å²) in [6, 6.07) is 16.3. The first kappa shape index (κ1) is 18.3. The minimum atomic E-state index is -0.321. The highest BCUT2D eigenvalue weighted by atomic mass is 35.5. The zero-order valence-electron chi connectivity index (χ0n) is 14.0. The summed E-state index contributed by atoms with van der Waals surface area (Å²) in [7, 11) is 0. The third-order valence-electron chi connectivity index (χ3n) is 3.61. The van der Waals surface area contributed by atoms with Crippen molar-refractivity contribution in [2.75, 3.05) is 16.8 Å². The molecule has 1 atom stereocenters. The Balaban J connectivity index is 1.64. The molecule has 0 aromatic heterocycles. The van der Waals surface area contributed by atoms with Gasteiger partial charge < -0.3 is 5.32 Å². The van der Waals surface area contributed by atoms with Gasteiger partial charge in [-0.15, -0.1) is 5.10 Å². The van der Waals surface area contributed by atoms with Gasteiger partial charge in [0.1, 0.15) is 0 Å². The van der Waals surface area contributed by atoms with Crippen molar-refractivity contribution in [3.63, 3.8) is 0 Å². The van der Waals surface area contributed by atoms with Gasteiger partial charge in [-0.3, -0.25) is 14.5 Å². The molecule has 8 heteroatoms. The fourth-order valence-electron chi connectivity index (χ4n) is 2.36. The second kappa shape index (κ2) is 8.25. The molecule has 0 aliphatic carbocycles. The quantitative estimate of drug-likeness (QED) is 0.771. The first-order chi connectivity index (χ1) is 12.5. The number of anilines is 2. The monoisotopic (exact) mass is 388 g/mol. The third-order valence-corrected chi connectivity index (χ3v) is 4.88. The SMILES string of the molecule is CC1SC(=NNC(=O)CNc2cccc(Cl)c2)N(c2ccccc2)C1=O. The van der Waals surface area contributed by atoms with Crippen molar-refractivity contribution in [1.29, 1.82) is 0 Å². The summed E-state index contributed by atoms with van der Waals surface area (Å²) >= 11 is 7.22. The Labute approximate surface area is 160 Å². The lowest BCUT2D eigenvalue weighted by Gasteiger charge is -2.16. The van der Waals surface area contributed by atoms with Crippen LogP contribution in [0.4, 0.5) is 11.4 Å². The van der Waals surface area contributed by atoms with Crippen LogP contribution in [0.25, 0.3) is 0 Å². The summed E-state index contributed by atoms with van der Waals surface area (Å²) in [5, 5.41) is 7.88. The number of amides is 2. The lowest BCUT2D eigenvalue weighted by molar-refractivity contribution is -0.119. The van der Waals surface area contributed by atoms with E-state index in [-0.39, 0.29) is 23.6 Å². The summed E-state index contributed by atoms with van der Waals surface area (Å²) in [5.74, 6) is -0.385. The van der Waals surface area contributed by atoms with Crippen LogP contribution in [0.1, 0.15) is 6.92 Å². The van der Waals surface area contributed by atoms with Crippen LogP contribution in [0.3, 0.4) is 0 Å². The molecule has 26 heavy (non-hydrogen) atoms. The molecule has 1 aliphatic rings. The number of thioether (sulfide) groups is 1. The van der Waals surface area contributed by atoms with E-state index in [1.165, 1.54) is 16.7 Å². The predicted molar refractivity (Wildman–Crippen MR) is 107 cm³/mol. The topological polar surface area (TPSA) is 73.8 Å². The molecule has 2 aromatic carbocycles. The van der Waals surface area contributed by atoms with Crippen molar-refractivity contribution in [3.05, 3.63) is 59.6 Å². The number of hydrazone groups is 1. The molecule has 1 unspecified atom stereocenters. The second-order valence-electron chi connectivity index (χ2n) is 5.56. The molecule has 2 aromatic rings. The number of hydrogen-bond donors (Lipinski definition) is 2. The van der Waals surface area contributed by atoms with E-state index < -0.39 is 0 Å². The van der Waals surface area contributed by atoms with Crippen molar-refractivity contribution >= 4 is 51.7 Å². The van der Waals surface area contributed by atoms with Gasteiger partial charge >= 0.3 is 0 Å². The number of carbonyl (C=O) groups is 2. The van der Waals surface area contributed by atoms with E-state index in [0.29, 0.717) is 10.2 Å². The Bertz CT molecular complexity index is 844. The molecule has 1 saturated heterocycles. The Morgan fingerprint density at radius 2 is 2.00 bits per heavy atom. The van der Waals surface area contributed by atoms with Gasteiger partial charge in [-0.2, -0.15) is 0 Å². The number of nitrogens with zero attached hydrogens (tertiary/aromatic N) is 2. The van der Waals surface area contributed by atoms with Crippen LogP contribution in [-0.2, 0) is 9.59 Å². The second-order valence-corrected chi connectivity index (χ2v) is 7.31. The van der Waals surface area contributed by atoms with E-state index in [4.69, 9.17) is 11.6 Å². The minimum absolute atomic E-state index is 0.0383. The molecule has 3 rings (SSSR count). The van der Waals surface area contributed by atoms with E-state index >= 15 is 0 Å². The number of nitrogens with one attached hydrogen (secondary N) is 2. The van der Waals surface area contributed by atoms with E-state index in [2.05, 4.69) is 15.8 Å². The zero-order valence-corrected chi connectivity index (χ0v) is 15.6. The molecular formula is C18H17ClN4O2S. The summed E-state index contributed by atoms with van der Waals surface area (Å²) in [6.07, 6.45) is 0. The van der Waals surface area contributed by atoms with Gasteiger partial charge in [0.15, 0.2) is 5.17 Å². The molecule has 1 fully saturated rings. The van der Waals surface area contributed by atoms with Crippen LogP contribution >= 0.6 is 23.4 Å². The van der Waals surface area contributed by atoms with Crippen molar-refractivity contribution in [3.8, 4) is 0 Å². The van der Waals surface area contributed by atoms with Crippen molar-refractivity contribution in [1.82, 2.24) is 5.43 Å². The number of para-hydroxylation sites is 1. The van der Waals surface area contributed by atoms with Gasteiger partial charge in [0.2, 0.25) is 5.91 Å². The lowest BCUT2D eigenvalue weighted by Crippen LogP contribution is -2.34. The van der Waals surface area contributed by atoms with E-state index in [9.17, 15) is 9.59 Å². The van der Waals surface area contributed by atoms with Gasteiger partial charge in [0.25, 0.3) is 5.91 Å². The van der Waals surface area contributed by atoms with Crippen LogP contribution < -0.4 is 15.6 Å². The molecule has 1 heterocycles. The number of hydrogen-bond acceptors (Lipinski definition) is 5. The summed E-state index contributed by atoms with van der Waals surface area (Å²) in [4.78, 5) is 25.9. The molecule has 1 aliphatic heterocycles. The first-order valence-electron chi connectivity index (χ1n) is 7.96. The molecule has 0 radical (unpaired) electrons. The Morgan fingerprint density at radius 3 is 2.73 bits per heavy atom. The summed E-state index contributed by atoms with van der Waals surface area (Å²) < 4.78 is 0. The van der Waals surface area contributed by atoms with Crippen molar-refractivity contribution < 1.29 is 9.59 Å². The predicted octanol–water partition coefficient (Wildman–Crippen LogP) is 3.31. The van der Waals surface area contributed by atoms with E-state index in [1.807, 2.05) is 43.3 Å². The first-order valence-corrected chi connectivity index (χ1v) is 9.22. The molecule has 134 valence electrons. The van der Waals surface area contributed by atoms with Gasteiger partial charge in [0.05, 0.1) is 17.5 Å². The highest BCUT2D eigenvalue weighted by Crippen LogP contribution is 2.31. The third kappa shape index (κ3) is 4.36. The average molecular weight is 389 g/mol. The summed E-state index contributed by atoms with van der Waals surface area (Å²) in [5.41, 5.74) is 3.95. The zero-order chi connectivity index (χ0) is 18.5. The van der Waals surface area contributed by atoms with Crippen LogP contribution in [0, 0.1) is 0 Å². The van der Waals surface area contributed by atoms with Gasteiger partial charge in [-0.05, 0) is 37.3 Å². The normalized spacial score (nSPS) is 18.2. The molecule has 0 bridgehead atoms. The van der Waals surface area contributed by atoms with Gasteiger partial charge in [-0.1, -0.05) is 47.6 Å². The minimum Gasteiger partial charge on any atom is -0.376 e. The van der Waals surface area contributed by atoms with Crippen LogP contribution in [0.15, 0.2) is 59.7 Å². The highest BCUT2D eigenvalue weighted by molar-refractivity contribution is 8.16.